The Balaban J connectivity index is 0.000000187. The number of nitrogens with one attached hydrogen (secondary N) is 2. The van der Waals surface area contributed by atoms with Gasteiger partial charge >= 0.3 is 0 Å². The molecule has 2 N–H and O–H groups in total. The van der Waals surface area contributed by atoms with E-state index in [0.29, 0.717) is 16.6 Å². The number of rotatable bonds is 4. The standard InChI is InChI=1S/C14H8F3N.C9H16N2O2/c15-10-3-1-8(2-4-10)13-6-9-5-11(16)7-12(17)14(9)18-13;1-11(2)8(12)6-10-9(13)7-4-3-5-7/h1-7,18H;7H,3-6H2,1-2H3,(H,10,13). The molecule has 1 aromatic heterocycles. The van der Waals surface area contributed by atoms with Crippen LogP contribution < -0.4 is 5.32 Å². The average molecular weight is 431 g/mol. The second kappa shape index (κ2) is 9.68. The molecule has 2 amide bonds. The van der Waals surface area contributed by atoms with Gasteiger partial charge in [-0.25, -0.2) is 13.2 Å². The Kier molecular flexibility index (Phi) is 6.99. The van der Waals surface area contributed by atoms with Crippen LogP contribution in [0.5, 0.6) is 0 Å². The van der Waals surface area contributed by atoms with Crippen molar-refractivity contribution in [1.29, 1.82) is 0 Å². The quantitative estimate of drug-likeness (QED) is 0.649. The van der Waals surface area contributed by atoms with Crippen molar-refractivity contribution in [2.75, 3.05) is 20.6 Å². The lowest BCUT2D eigenvalue weighted by Crippen LogP contribution is -2.40. The summed E-state index contributed by atoms with van der Waals surface area (Å²) in [6, 6.07) is 9.50. The molecule has 2 aromatic carbocycles. The summed E-state index contributed by atoms with van der Waals surface area (Å²) in [5.74, 6) is -1.47. The van der Waals surface area contributed by atoms with Crippen molar-refractivity contribution < 1.29 is 22.8 Å². The molecule has 1 saturated carbocycles. The minimum absolute atomic E-state index is 0.0291. The first-order chi connectivity index (χ1) is 14.7. The summed E-state index contributed by atoms with van der Waals surface area (Å²) >= 11 is 0. The molecule has 5 nitrogen and oxygen atoms in total. The van der Waals surface area contributed by atoms with Crippen LogP contribution in [0.1, 0.15) is 19.3 Å². The number of likely N-dealkylation sites (N-methyl/N-ethyl adjacent to an activating group) is 1. The van der Waals surface area contributed by atoms with Crippen LogP contribution >= 0.6 is 0 Å². The highest BCUT2D eigenvalue weighted by molar-refractivity contribution is 5.87. The molecule has 8 heteroatoms. The number of benzene rings is 2. The van der Waals surface area contributed by atoms with Crippen LogP contribution in [0.3, 0.4) is 0 Å². The average Bonchev–Trinajstić information content (AvgIpc) is 3.10. The first kappa shape index (κ1) is 22.4. The Hall–Kier alpha value is -3.29. The first-order valence-electron chi connectivity index (χ1n) is 9.96. The summed E-state index contributed by atoms with van der Waals surface area (Å²) in [6.07, 6.45) is 3.09. The maximum Gasteiger partial charge on any atom is 0.241 e. The molecule has 1 aliphatic carbocycles. The third kappa shape index (κ3) is 5.65. The third-order valence-electron chi connectivity index (χ3n) is 5.19. The highest BCUT2D eigenvalue weighted by Gasteiger charge is 2.25. The Morgan fingerprint density at radius 2 is 1.71 bits per heavy atom. The Morgan fingerprint density at radius 1 is 1.03 bits per heavy atom. The number of halogens is 3. The van der Waals surface area contributed by atoms with E-state index in [9.17, 15) is 22.8 Å². The number of fused-ring (bicyclic) bond motifs is 1. The largest absolute Gasteiger partial charge is 0.352 e. The van der Waals surface area contributed by atoms with Crippen LogP contribution in [0.15, 0.2) is 42.5 Å². The summed E-state index contributed by atoms with van der Waals surface area (Å²) in [4.78, 5) is 26.7. The summed E-state index contributed by atoms with van der Waals surface area (Å²) in [6.45, 7) is 0.127. The van der Waals surface area contributed by atoms with E-state index >= 15 is 0 Å². The van der Waals surface area contributed by atoms with Crippen molar-refractivity contribution in [3.05, 3.63) is 59.9 Å². The topological polar surface area (TPSA) is 65.2 Å². The van der Waals surface area contributed by atoms with E-state index in [1.54, 1.807) is 32.3 Å². The number of hydrogen-bond acceptors (Lipinski definition) is 2. The van der Waals surface area contributed by atoms with Crippen LogP contribution in [-0.4, -0.2) is 42.3 Å². The van der Waals surface area contributed by atoms with Crippen molar-refractivity contribution in [2.24, 2.45) is 5.92 Å². The van der Waals surface area contributed by atoms with Gasteiger partial charge in [-0.3, -0.25) is 9.59 Å². The maximum absolute atomic E-state index is 13.5. The van der Waals surface area contributed by atoms with E-state index in [1.165, 1.54) is 23.1 Å². The van der Waals surface area contributed by atoms with E-state index in [1.807, 2.05) is 0 Å². The molecule has 0 aliphatic heterocycles. The number of nitrogens with zero attached hydrogens (tertiary/aromatic N) is 1. The predicted octanol–water partition coefficient (Wildman–Crippen LogP) is 4.24. The summed E-state index contributed by atoms with van der Waals surface area (Å²) in [5.41, 5.74) is 1.58. The van der Waals surface area contributed by atoms with Crippen LogP contribution in [-0.2, 0) is 9.59 Å². The van der Waals surface area contributed by atoms with Crippen molar-refractivity contribution in [1.82, 2.24) is 15.2 Å². The molecule has 0 radical (unpaired) electrons. The number of H-pyrrole nitrogens is 1. The molecule has 31 heavy (non-hydrogen) atoms. The molecule has 4 rings (SSSR count). The maximum atomic E-state index is 13.5. The van der Waals surface area contributed by atoms with Gasteiger partial charge in [0.1, 0.15) is 17.5 Å². The second-order valence-corrected chi connectivity index (χ2v) is 7.68. The van der Waals surface area contributed by atoms with E-state index in [0.717, 1.165) is 25.3 Å². The normalized spacial score (nSPS) is 13.2. The van der Waals surface area contributed by atoms with Gasteiger partial charge in [-0.05, 0) is 54.8 Å². The van der Waals surface area contributed by atoms with Gasteiger partial charge in [0.2, 0.25) is 11.8 Å². The molecular weight excluding hydrogens is 407 g/mol. The summed E-state index contributed by atoms with van der Waals surface area (Å²) < 4.78 is 39.4. The lowest BCUT2D eigenvalue weighted by molar-refractivity contribution is -0.133. The molecule has 164 valence electrons. The summed E-state index contributed by atoms with van der Waals surface area (Å²) in [5, 5.41) is 3.09. The zero-order valence-electron chi connectivity index (χ0n) is 17.3. The smallest absolute Gasteiger partial charge is 0.241 e. The number of carbonyl (C=O) groups is 2. The third-order valence-corrected chi connectivity index (χ3v) is 5.19. The van der Waals surface area contributed by atoms with E-state index in [-0.39, 0.29) is 35.6 Å². The zero-order chi connectivity index (χ0) is 22.5. The van der Waals surface area contributed by atoms with Crippen LogP contribution in [0.25, 0.3) is 22.2 Å². The summed E-state index contributed by atoms with van der Waals surface area (Å²) in [7, 11) is 3.36. The lowest BCUT2D eigenvalue weighted by atomic mass is 9.85. The van der Waals surface area contributed by atoms with E-state index in [2.05, 4.69) is 10.3 Å². The van der Waals surface area contributed by atoms with Crippen molar-refractivity contribution in [3.8, 4) is 11.3 Å². The molecular formula is C23H24F3N3O2. The first-order valence-corrected chi connectivity index (χ1v) is 9.96. The van der Waals surface area contributed by atoms with Gasteiger partial charge < -0.3 is 15.2 Å². The Bertz CT molecular complexity index is 1070. The van der Waals surface area contributed by atoms with E-state index in [4.69, 9.17) is 0 Å². The molecule has 1 aliphatic rings. The van der Waals surface area contributed by atoms with Gasteiger partial charge in [0.05, 0.1) is 12.1 Å². The number of aromatic amines is 1. The van der Waals surface area contributed by atoms with Gasteiger partial charge in [-0.1, -0.05) is 6.42 Å². The number of carbonyl (C=O) groups excluding carboxylic acids is 2. The number of hydrogen-bond donors (Lipinski definition) is 2. The van der Waals surface area contributed by atoms with E-state index < -0.39 is 11.6 Å². The van der Waals surface area contributed by atoms with Crippen LogP contribution in [0.2, 0.25) is 0 Å². The van der Waals surface area contributed by atoms with Crippen LogP contribution in [0.4, 0.5) is 13.2 Å². The SMILES string of the molecule is CN(C)C(=O)CNC(=O)C1CCC1.Fc1ccc(-c2cc3cc(F)cc(F)c3[nH]2)cc1. The van der Waals surface area contributed by atoms with Gasteiger partial charge in [-0.2, -0.15) is 0 Å². The fourth-order valence-electron chi connectivity index (χ4n) is 3.09. The molecule has 1 heterocycles. The van der Waals surface area contributed by atoms with Crippen molar-refractivity contribution in [3.63, 3.8) is 0 Å². The molecule has 0 unspecified atom stereocenters. The molecule has 0 bridgehead atoms. The lowest BCUT2D eigenvalue weighted by Gasteiger charge is -2.24. The molecule has 3 aromatic rings. The molecule has 0 atom stereocenters. The minimum Gasteiger partial charge on any atom is -0.352 e. The number of amides is 2. The molecule has 1 fully saturated rings. The minimum atomic E-state index is -0.640. The van der Waals surface area contributed by atoms with Gasteiger partial charge in [0, 0.05) is 37.2 Å². The number of aromatic nitrogens is 1. The van der Waals surface area contributed by atoms with Gasteiger partial charge in [-0.15, -0.1) is 0 Å². The molecule has 0 spiro atoms. The fraction of sp³-hybridized carbons (Fsp3) is 0.304. The van der Waals surface area contributed by atoms with Crippen molar-refractivity contribution in [2.45, 2.75) is 19.3 Å². The highest BCUT2D eigenvalue weighted by atomic mass is 19.1. The zero-order valence-corrected chi connectivity index (χ0v) is 17.3. The Labute approximate surface area is 178 Å². The molecule has 0 saturated heterocycles. The second-order valence-electron chi connectivity index (χ2n) is 7.68. The predicted molar refractivity (Wildman–Crippen MR) is 113 cm³/mol. The monoisotopic (exact) mass is 431 g/mol. The Morgan fingerprint density at radius 3 is 2.29 bits per heavy atom. The van der Waals surface area contributed by atoms with Crippen molar-refractivity contribution >= 4 is 22.7 Å². The van der Waals surface area contributed by atoms with Crippen LogP contribution in [0, 0.1) is 23.4 Å². The van der Waals surface area contributed by atoms with Gasteiger partial charge in [0.15, 0.2) is 0 Å². The highest BCUT2D eigenvalue weighted by Crippen LogP contribution is 2.27. The fourth-order valence-corrected chi connectivity index (χ4v) is 3.09. The van der Waals surface area contributed by atoms with Gasteiger partial charge in [0.25, 0.3) is 0 Å².